The highest BCUT2D eigenvalue weighted by atomic mass is 35.5. The van der Waals surface area contributed by atoms with Gasteiger partial charge in [-0.2, -0.15) is 0 Å². The van der Waals surface area contributed by atoms with Crippen molar-refractivity contribution in [3.8, 4) is 0 Å². The number of benzene rings is 1. The number of rotatable bonds is 4. The summed E-state index contributed by atoms with van der Waals surface area (Å²) < 4.78 is 13.5. The molecule has 4 nitrogen and oxygen atoms in total. The van der Waals surface area contributed by atoms with Crippen molar-refractivity contribution in [2.24, 2.45) is 5.73 Å². The molecule has 1 amide bonds. The number of nitrogens with zero attached hydrogens (tertiary/aromatic N) is 1. The number of nitrogens with one attached hydrogen (secondary N) is 1. The summed E-state index contributed by atoms with van der Waals surface area (Å²) in [7, 11) is 3.37. The number of amides is 1. The van der Waals surface area contributed by atoms with Crippen molar-refractivity contribution >= 4 is 17.5 Å². The predicted molar refractivity (Wildman–Crippen MR) is 64.8 cm³/mol. The number of hydrogen-bond donors (Lipinski definition) is 2. The molecule has 0 radical (unpaired) electrons. The van der Waals surface area contributed by atoms with Crippen LogP contribution in [0.4, 0.5) is 4.39 Å². The number of carbonyl (C=O) groups is 1. The summed E-state index contributed by atoms with van der Waals surface area (Å²) in [4.78, 5) is 11.4. The summed E-state index contributed by atoms with van der Waals surface area (Å²) >= 11 is 5.75. The van der Waals surface area contributed by atoms with Gasteiger partial charge in [0.1, 0.15) is 5.82 Å². The van der Waals surface area contributed by atoms with Gasteiger partial charge in [0, 0.05) is 37.1 Å². The normalized spacial score (nSPS) is 12.6. The molecule has 1 unspecified atom stereocenters. The highest BCUT2D eigenvalue weighted by Gasteiger charge is 2.16. The predicted octanol–water partition coefficient (Wildman–Crippen LogP) is 1.46. The Morgan fingerprint density at radius 1 is 1.59 bits per heavy atom. The van der Waals surface area contributed by atoms with E-state index in [9.17, 15) is 9.18 Å². The van der Waals surface area contributed by atoms with Crippen molar-refractivity contribution in [1.82, 2.24) is 10.4 Å². The van der Waals surface area contributed by atoms with E-state index in [1.807, 2.05) is 0 Å². The van der Waals surface area contributed by atoms with Crippen LogP contribution in [-0.4, -0.2) is 25.0 Å². The summed E-state index contributed by atoms with van der Waals surface area (Å²) in [6, 6.07) is 3.40. The molecule has 0 aromatic heterocycles. The number of carbonyl (C=O) groups excluding carboxylic acids is 1. The van der Waals surface area contributed by atoms with Crippen molar-refractivity contribution in [2.45, 2.75) is 12.5 Å². The average Bonchev–Trinajstić information content (AvgIpc) is 2.20. The Morgan fingerprint density at radius 3 is 2.82 bits per heavy atom. The molecule has 1 aromatic carbocycles. The zero-order chi connectivity index (χ0) is 13.0. The lowest BCUT2D eigenvalue weighted by Gasteiger charge is -2.16. The molecule has 0 spiro atoms. The molecule has 0 aliphatic carbocycles. The summed E-state index contributed by atoms with van der Waals surface area (Å²) in [5.41, 5.74) is 8.54. The van der Waals surface area contributed by atoms with E-state index in [1.54, 1.807) is 14.1 Å². The molecule has 0 bridgehead atoms. The molecule has 0 heterocycles. The summed E-state index contributed by atoms with van der Waals surface area (Å²) in [6.45, 7) is 0. The van der Waals surface area contributed by atoms with Crippen molar-refractivity contribution in [3.63, 3.8) is 0 Å². The van der Waals surface area contributed by atoms with Crippen LogP contribution in [0.5, 0.6) is 0 Å². The second-order valence-corrected chi connectivity index (χ2v) is 4.34. The molecular formula is C11H15ClFN3O. The Bertz CT molecular complexity index is 412. The largest absolute Gasteiger partial charge is 0.323 e. The molecule has 6 heteroatoms. The number of hydrogen-bond acceptors (Lipinski definition) is 3. The molecule has 17 heavy (non-hydrogen) atoms. The van der Waals surface area contributed by atoms with Gasteiger partial charge in [-0.05, 0) is 18.2 Å². The smallest absolute Gasteiger partial charge is 0.236 e. The maximum absolute atomic E-state index is 13.5. The molecule has 1 atom stereocenters. The Labute approximate surface area is 105 Å². The first-order valence-electron chi connectivity index (χ1n) is 5.07. The van der Waals surface area contributed by atoms with Gasteiger partial charge in [-0.1, -0.05) is 11.6 Å². The number of halogens is 2. The van der Waals surface area contributed by atoms with Crippen molar-refractivity contribution in [2.75, 3.05) is 14.1 Å². The van der Waals surface area contributed by atoms with Gasteiger partial charge in [-0.15, -0.1) is 0 Å². The van der Waals surface area contributed by atoms with E-state index in [0.29, 0.717) is 5.02 Å². The van der Waals surface area contributed by atoms with Gasteiger partial charge < -0.3 is 5.73 Å². The van der Waals surface area contributed by atoms with Crippen LogP contribution < -0.4 is 11.2 Å². The molecular weight excluding hydrogens is 245 g/mol. The fourth-order valence-corrected chi connectivity index (χ4v) is 1.58. The Hall–Kier alpha value is -1.17. The van der Waals surface area contributed by atoms with Gasteiger partial charge >= 0.3 is 0 Å². The third kappa shape index (κ3) is 4.30. The zero-order valence-electron chi connectivity index (χ0n) is 9.71. The Morgan fingerprint density at radius 2 is 2.24 bits per heavy atom. The first-order valence-corrected chi connectivity index (χ1v) is 5.45. The summed E-state index contributed by atoms with van der Waals surface area (Å²) in [6.07, 6.45) is -0.00452. The molecule has 94 valence electrons. The van der Waals surface area contributed by atoms with Crippen molar-refractivity contribution in [3.05, 3.63) is 34.6 Å². The maximum Gasteiger partial charge on any atom is 0.236 e. The van der Waals surface area contributed by atoms with Gasteiger partial charge in [0.2, 0.25) is 5.91 Å². The SMILES string of the molecule is CN(C)NC(=O)CC(N)c1cc(Cl)ccc1F. The van der Waals surface area contributed by atoms with Crippen molar-refractivity contribution < 1.29 is 9.18 Å². The van der Waals surface area contributed by atoms with Crippen LogP contribution in [0.15, 0.2) is 18.2 Å². The lowest BCUT2D eigenvalue weighted by atomic mass is 10.0. The van der Waals surface area contributed by atoms with Gasteiger partial charge in [-0.25, -0.2) is 9.40 Å². The first-order chi connectivity index (χ1) is 7.90. The van der Waals surface area contributed by atoms with E-state index >= 15 is 0 Å². The highest BCUT2D eigenvalue weighted by molar-refractivity contribution is 6.30. The second-order valence-electron chi connectivity index (χ2n) is 3.91. The maximum atomic E-state index is 13.5. The second kappa shape index (κ2) is 5.95. The van der Waals surface area contributed by atoms with Crippen LogP contribution in [0.2, 0.25) is 5.02 Å². The zero-order valence-corrected chi connectivity index (χ0v) is 10.5. The topological polar surface area (TPSA) is 58.4 Å². The van der Waals surface area contributed by atoms with E-state index in [2.05, 4.69) is 5.43 Å². The van der Waals surface area contributed by atoms with Crippen molar-refractivity contribution in [1.29, 1.82) is 0 Å². The standard InChI is InChI=1S/C11H15ClFN3O/c1-16(2)15-11(17)6-10(14)8-5-7(12)3-4-9(8)13/h3-5,10H,6,14H2,1-2H3,(H,15,17). The van der Waals surface area contributed by atoms with Crippen LogP contribution in [0.1, 0.15) is 18.0 Å². The van der Waals surface area contributed by atoms with E-state index in [0.717, 1.165) is 0 Å². The summed E-state index contributed by atoms with van der Waals surface area (Å²) in [5.74, 6) is -0.735. The van der Waals surface area contributed by atoms with Crippen LogP contribution in [0, 0.1) is 5.82 Å². The van der Waals surface area contributed by atoms with Crippen LogP contribution in [0.3, 0.4) is 0 Å². The molecule has 0 aliphatic rings. The van der Waals surface area contributed by atoms with Crippen LogP contribution in [-0.2, 0) is 4.79 Å². The van der Waals surface area contributed by atoms with E-state index in [-0.39, 0.29) is 17.9 Å². The van der Waals surface area contributed by atoms with E-state index in [4.69, 9.17) is 17.3 Å². The minimum Gasteiger partial charge on any atom is -0.323 e. The van der Waals surface area contributed by atoms with Crippen LogP contribution >= 0.6 is 11.6 Å². The molecule has 3 N–H and O–H groups in total. The molecule has 1 rings (SSSR count). The van der Waals surface area contributed by atoms with Gasteiger partial charge in [-0.3, -0.25) is 10.2 Å². The molecule has 0 fully saturated rings. The number of nitrogens with two attached hydrogens (primary N) is 1. The van der Waals surface area contributed by atoms with E-state index in [1.165, 1.54) is 23.2 Å². The highest BCUT2D eigenvalue weighted by Crippen LogP contribution is 2.21. The molecule has 0 aliphatic heterocycles. The Balaban J connectivity index is 2.72. The lowest BCUT2D eigenvalue weighted by molar-refractivity contribution is -0.125. The summed E-state index contributed by atoms with van der Waals surface area (Å²) in [5, 5.41) is 1.90. The van der Waals surface area contributed by atoms with Crippen LogP contribution in [0.25, 0.3) is 0 Å². The fourth-order valence-electron chi connectivity index (χ4n) is 1.40. The average molecular weight is 260 g/mol. The monoisotopic (exact) mass is 259 g/mol. The Kier molecular flexibility index (Phi) is 4.86. The van der Waals surface area contributed by atoms with Gasteiger partial charge in [0.05, 0.1) is 0 Å². The minimum absolute atomic E-state index is 0.00452. The van der Waals surface area contributed by atoms with Gasteiger partial charge in [0.15, 0.2) is 0 Å². The minimum atomic E-state index is -0.714. The number of hydrazine groups is 1. The quantitative estimate of drug-likeness (QED) is 0.805. The van der Waals surface area contributed by atoms with E-state index < -0.39 is 11.9 Å². The van der Waals surface area contributed by atoms with Gasteiger partial charge in [0.25, 0.3) is 0 Å². The lowest BCUT2D eigenvalue weighted by Crippen LogP contribution is -2.37. The molecule has 1 aromatic rings. The molecule has 0 saturated carbocycles. The third-order valence-electron chi connectivity index (χ3n) is 2.11. The first kappa shape index (κ1) is 13.9. The third-order valence-corrected chi connectivity index (χ3v) is 2.35. The fraction of sp³-hybridized carbons (Fsp3) is 0.364. The molecule has 0 saturated heterocycles.